The van der Waals surface area contributed by atoms with Gasteiger partial charge in [0, 0.05) is 11.6 Å². The highest BCUT2D eigenvalue weighted by Gasteiger charge is 2.26. The number of hydrogen-bond acceptors (Lipinski definition) is 3. The van der Waals surface area contributed by atoms with E-state index in [2.05, 4.69) is 18.3 Å². The zero-order valence-corrected chi connectivity index (χ0v) is 10.2. The standard InChI is InChI=1S/C13H21NO2/c1-5-16-10(3)13(15)9(2)12(14-4)11-7-6-8-11/h11,13,15H,3-8H2,1-2H3/b12-9+. The van der Waals surface area contributed by atoms with Crippen LogP contribution in [0.1, 0.15) is 33.1 Å². The Hall–Kier alpha value is -1.09. The third kappa shape index (κ3) is 2.73. The van der Waals surface area contributed by atoms with Crippen molar-refractivity contribution in [2.75, 3.05) is 6.61 Å². The molecular weight excluding hydrogens is 202 g/mol. The number of aliphatic hydroxyl groups is 1. The summed E-state index contributed by atoms with van der Waals surface area (Å²) in [6.07, 6.45) is 2.75. The maximum atomic E-state index is 10.0. The van der Waals surface area contributed by atoms with Gasteiger partial charge in [0.05, 0.1) is 6.61 Å². The molecule has 0 radical (unpaired) electrons. The highest BCUT2D eigenvalue weighted by Crippen LogP contribution is 2.36. The lowest BCUT2D eigenvalue weighted by Gasteiger charge is -2.28. The molecule has 1 unspecified atom stereocenters. The lowest BCUT2D eigenvalue weighted by atomic mass is 9.81. The van der Waals surface area contributed by atoms with Gasteiger partial charge in [-0.05, 0) is 39.0 Å². The smallest absolute Gasteiger partial charge is 0.133 e. The molecule has 0 aromatic carbocycles. The van der Waals surface area contributed by atoms with Crippen molar-refractivity contribution < 1.29 is 9.84 Å². The molecule has 0 amide bonds. The Kier molecular flexibility index (Phi) is 4.74. The molecule has 0 aliphatic heterocycles. The fraction of sp³-hybridized carbons (Fsp3) is 0.615. The van der Waals surface area contributed by atoms with Crippen molar-refractivity contribution in [2.45, 2.75) is 39.2 Å². The van der Waals surface area contributed by atoms with E-state index in [4.69, 9.17) is 4.74 Å². The summed E-state index contributed by atoms with van der Waals surface area (Å²) in [5.74, 6) is 0.849. The van der Waals surface area contributed by atoms with E-state index in [9.17, 15) is 5.11 Å². The fourth-order valence-corrected chi connectivity index (χ4v) is 1.90. The van der Waals surface area contributed by atoms with Crippen LogP contribution < -0.4 is 0 Å². The van der Waals surface area contributed by atoms with Gasteiger partial charge in [0.15, 0.2) is 0 Å². The van der Waals surface area contributed by atoms with Gasteiger partial charge in [-0.2, -0.15) is 0 Å². The number of aliphatic imine (C=N–C) groups is 1. The second-order valence-electron chi connectivity index (χ2n) is 4.16. The minimum atomic E-state index is -0.763. The van der Waals surface area contributed by atoms with Gasteiger partial charge >= 0.3 is 0 Å². The molecule has 3 nitrogen and oxygen atoms in total. The van der Waals surface area contributed by atoms with E-state index < -0.39 is 6.10 Å². The van der Waals surface area contributed by atoms with Crippen LogP contribution in [-0.4, -0.2) is 24.5 Å². The zero-order chi connectivity index (χ0) is 12.1. The molecule has 3 heteroatoms. The first-order valence-corrected chi connectivity index (χ1v) is 5.78. The van der Waals surface area contributed by atoms with Crippen LogP contribution >= 0.6 is 0 Å². The highest BCUT2D eigenvalue weighted by molar-refractivity contribution is 5.34. The molecule has 0 bridgehead atoms. The quantitative estimate of drug-likeness (QED) is 0.555. The lowest BCUT2D eigenvalue weighted by Crippen LogP contribution is -2.20. The number of aliphatic hydroxyl groups excluding tert-OH is 1. The Morgan fingerprint density at radius 1 is 1.56 bits per heavy atom. The van der Waals surface area contributed by atoms with Gasteiger partial charge in [0.1, 0.15) is 11.9 Å². The second-order valence-corrected chi connectivity index (χ2v) is 4.16. The molecule has 0 aromatic rings. The molecule has 1 atom stereocenters. The van der Waals surface area contributed by atoms with Crippen LogP contribution in [0, 0.1) is 5.92 Å². The zero-order valence-electron chi connectivity index (χ0n) is 10.2. The van der Waals surface area contributed by atoms with Crippen molar-refractivity contribution in [3.05, 3.63) is 23.6 Å². The average Bonchev–Trinajstić information content (AvgIpc) is 2.21. The highest BCUT2D eigenvalue weighted by atomic mass is 16.5. The van der Waals surface area contributed by atoms with Crippen molar-refractivity contribution >= 4 is 6.72 Å². The van der Waals surface area contributed by atoms with E-state index in [1.165, 1.54) is 6.42 Å². The average molecular weight is 223 g/mol. The van der Waals surface area contributed by atoms with Crippen LogP contribution in [0.2, 0.25) is 0 Å². The molecule has 1 aliphatic carbocycles. The molecule has 16 heavy (non-hydrogen) atoms. The first kappa shape index (κ1) is 13.0. The van der Waals surface area contributed by atoms with E-state index in [-0.39, 0.29) is 0 Å². The summed E-state index contributed by atoms with van der Waals surface area (Å²) in [6, 6.07) is 0. The summed E-state index contributed by atoms with van der Waals surface area (Å²) in [4.78, 5) is 4.05. The normalized spacial score (nSPS) is 19.4. The Bertz CT molecular complexity index is 303. The summed E-state index contributed by atoms with van der Waals surface area (Å²) in [6.45, 7) is 11.6. The molecule has 1 rings (SSSR count). The number of ether oxygens (including phenoxy) is 1. The van der Waals surface area contributed by atoms with Crippen LogP contribution in [0.3, 0.4) is 0 Å². The summed E-state index contributed by atoms with van der Waals surface area (Å²) in [5, 5.41) is 10.0. The van der Waals surface area contributed by atoms with Crippen molar-refractivity contribution in [1.82, 2.24) is 0 Å². The molecule has 0 heterocycles. The summed E-state index contributed by atoms with van der Waals surface area (Å²) >= 11 is 0. The van der Waals surface area contributed by atoms with Crippen molar-refractivity contribution in [3.63, 3.8) is 0 Å². The maximum absolute atomic E-state index is 10.0. The van der Waals surface area contributed by atoms with Gasteiger partial charge in [0.2, 0.25) is 0 Å². The van der Waals surface area contributed by atoms with Crippen molar-refractivity contribution in [1.29, 1.82) is 0 Å². The van der Waals surface area contributed by atoms with Gasteiger partial charge in [-0.1, -0.05) is 13.0 Å². The van der Waals surface area contributed by atoms with Crippen LogP contribution in [0.15, 0.2) is 28.6 Å². The van der Waals surface area contributed by atoms with E-state index in [0.717, 1.165) is 24.1 Å². The monoisotopic (exact) mass is 223 g/mol. The lowest BCUT2D eigenvalue weighted by molar-refractivity contribution is 0.128. The van der Waals surface area contributed by atoms with Crippen LogP contribution in [0.5, 0.6) is 0 Å². The van der Waals surface area contributed by atoms with Gasteiger partial charge in [-0.25, -0.2) is 0 Å². The van der Waals surface area contributed by atoms with E-state index in [0.29, 0.717) is 18.3 Å². The van der Waals surface area contributed by atoms with Gasteiger partial charge in [-0.15, -0.1) is 0 Å². The summed E-state index contributed by atoms with van der Waals surface area (Å²) in [7, 11) is 0. The third-order valence-corrected chi connectivity index (χ3v) is 3.11. The molecule has 0 aromatic heterocycles. The van der Waals surface area contributed by atoms with E-state index >= 15 is 0 Å². The molecule has 1 fully saturated rings. The molecule has 0 spiro atoms. The third-order valence-electron chi connectivity index (χ3n) is 3.11. The number of nitrogens with zero attached hydrogens (tertiary/aromatic N) is 1. The van der Waals surface area contributed by atoms with Crippen LogP contribution in [-0.2, 0) is 4.74 Å². The topological polar surface area (TPSA) is 41.8 Å². The molecule has 90 valence electrons. The fourth-order valence-electron chi connectivity index (χ4n) is 1.90. The van der Waals surface area contributed by atoms with Crippen molar-refractivity contribution in [3.8, 4) is 0 Å². The maximum Gasteiger partial charge on any atom is 0.133 e. The first-order chi connectivity index (χ1) is 7.61. The van der Waals surface area contributed by atoms with Crippen molar-refractivity contribution in [2.24, 2.45) is 10.9 Å². The number of allylic oxidation sites excluding steroid dienone is 1. The number of hydrogen-bond donors (Lipinski definition) is 1. The number of rotatable bonds is 6. The molecule has 1 aliphatic rings. The Balaban J connectivity index is 2.78. The predicted octanol–water partition coefficient (Wildman–Crippen LogP) is 2.67. The minimum absolute atomic E-state index is 0.389. The van der Waals surface area contributed by atoms with Crippen LogP contribution in [0.4, 0.5) is 0 Å². The first-order valence-electron chi connectivity index (χ1n) is 5.78. The Morgan fingerprint density at radius 3 is 2.56 bits per heavy atom. The Morgan fingerprint density at radius 2 is 2.19 bits per heavy atom. The SMILES string of the molecule is C=N/C(=C(\C)C(O)C(=C)OCC)C1CCC1. The van der Waals surface area contributed by atoms with Gasteiger partial charge in [-0.3, -0.25) is 4.99 Å². The Labute approximate surface area is 97.5 Å². The van der Waals surface area contributed by atoms with E-state index in [1.54, 1.807) is 0 Å². The molecule has 0 saturated heterocycles. The summed E-state index contributed by atoms with van der Waals surface area (Å²) in [5.41, 5.74) is 1.73. The van der Waals surface area contributed by atoms with Crippen LogP contribution in [0.25, 0.3) is 0 Å². The second kappa shape index (κ2) is 5.85. The largest absolute Gasteiger partial charge is 0.496 e. The van der Waals surface area contributed by atoms with Gasteiger partial charge < -0.3 is 9.84 Å². The predicted molar refractivity (Wildman–Crippen MR) is 66.4 cm³/mol. The molecule has 1 saturated carbocycles. The minimum Gasteiger partial charge on any atom is -0.496 e. The summed E-state index contributed by atoms with van der Waals surface area (Å²) < 4.78 is 5.21. The molecular formula is C13H21NO2. The van der Waals surface area contributed by atoms with E-state index in [1.807, 2.05) is 13.8 Å². The van der Waals surface area contributed by atoms with Gasteiger partial charge in [0.25, 0.3) is 0 Å². The molecule has 1 N–H and O–H groups in total.